The number of hydrogen-bond acceptors (Lipinski definition) is 5. The first-order valence-electron chi connectivity index (χ1n) is 10.3. The summed E-state index contributed by atoms with van der Waals surface area (Å²) >= 11 is 0. The van der Waals surface area contributed by atoms with Gasteiger partial charge in [-0.2, -0.15) is 0 Å². The van der Waals surface area contributed by atoms with E-state index in [2.05, 4.69) is 11.9 Å². The fourth-order valence-corrected chi connectivity index (χ4v) is 3.74. The number of carbonyl (C=O) groups is 2. The second-order valence-electron chi connectivity index (χ2n) is 7.55. The van der Waals surface area contributed by atoms with Crippen LogP contribution in [0.2, 0.25) is 0 Å². The molecule has 0 bridgehead atoms. The van der Waals surface area contributed by atoms with Gasteiger partial charge in [-0.1, -0.05) is 31.2 Å². The van der Waals surface area contributed by atoms with Gasteiger partial charge in [0.15, 0.2) is 11.5 Å². The molecule has 1 fully saturated rings. The molecule has 1 aliphatic heterocycles. The molecule has 3 rings (SSSR count). The Bertz CT molecular complexity index is 994. The third-order valence-electron chi connectivity index (χ3n) is 5.48. The topological polar surface area (TPSA) is 88.1 Å². The van der Waals surface area contributed by atoms with Crippen molar-refractivity contribution >= 4 is 11.9 Å². The third-order valence-corrected chi connectivity index (χ3v) is 5.48. The molecule has 8 heteroatoms. The van der Waals surface area contributed by atoms with Crippen molar-refractivity contribution in [2.24, 2.45) is 0 Å². The lowest BCUT2D eigenvalue weighted by Crippen LogP contribution is -2.44. The second kappa shape index (κ2) is 9.82. The predicted molar refractivity (Wildman–Crippen MR) is 117 cm³/mol. The molecule has 0 saturated carbocycles. The van der Waals surface area contributed by atoms with Gasteiger partial charge in [-0.3, -0.25) is 9.69 Å². The van der Waals surface area contributed by atoms with Gasteiger partial charge in [0, 0.05) is 0 Å². The molecule has 7 nitrogen and oxygen atoms in total. The van der Waals surface area contributed by atoms with E-state index in [-0.39, 0.29) is 19.6 Å². The zero-order valence-electron chi connectivity index (χ0n) is 18.1. The van der Waals surface area contributed by atoms with E-state index in [4.69, 9.17) is 9.47 Å². The van der Waals surface area contributed by atoms with E-state index in [0.717, 1.165) is 10.5 Å². The molecule has 170 valence electrons. The molecule has 0 spiro atoms. The van der Waals surface area contributed by atoms with E-state index < -0.39 is 29.4 Å². The van der Waals surface area contributed by atoms with Crippen LogP contribution in [0.5, 0.6) is 11.5 Å². The molecule has 1 aliphatic rings. The number of imide groups is 1. The van der Waals surface area contributed by atoms with Crippen LogP contribution in [0, 0.1) is 5.82 Å². The SMILES string of the molecule is C=CCc1ccc(OC[C@H](O)CN2C(=O)N[C@](CC)(c3ccc(F)cc3)C2=O)c(OC)c1. The van der Waals surface area contributed by atoms with Gasteiger partial charge in [-0.15, -0.1) is 6.58 Å². The Morgan fingerprint density at radius 3 is 2.56 bits per heavy atom. The quantitative estimate of drug-likeness (QED) is 0.436. The summed E-state index contributed by atoms with van der Waals surface area (Å²) < 4.78 is 24.3. The Morgan fingerprint density at radius 2 is 1.94 bits per heavy atom. The fraction of sp³-hybridized carbons (Fsp3) is 0.333. The maximum atomic E-state index is 13.3. The van der Waals surface area contributed by atoms with E-state index in [0.29, 0.717) is 23.5 Å². The highest BCUT2D eigenvalue weighted by molar-refractivity contribution is 6.07. The number of rotatable bonds is 10. The maximum absolute atomic E-state index is 13.3. The Morgan fingerprint density at radius 1 is 1.22 bits per heavy atom. The van der Waals surface area contributed by atoms with Gasteiger partial charge in [-0.25, -0.2) is 9.18 Å². The number of nitrogens with zero attached hydrogens (tertiary/aromatic N) is 1. The number of amides is 3. The molecule has 0 unspecified atom stereocenters. The number of allylic oxidation sites excluding steroid dienone is 1. The number of ether oxygens (including phenoxy) is 2. The summed E-state index contributed by atoms with van der Waals surface area (Å²) in [6.07, 6.45) is 1.61. The first-order chi connectivity index (χ1) is 15.3. The number of benzene rings is 2. The Balaban J connectivity index is 1.68. The van der Waals surface area contributed by atoms with Crippen molar-refractivity contribution in [3.05, 3.63) is 72.1 Å². The van der Waals surface area contributed by atoms with Crippen LogP contribution in [0.1, 0.15) is 24.5 Å². The summed E-state index contributed by atoms with van der Waals surface area (Å²) in [4.78, 5) is 26.6. The highest BCUT2D eigenvalue weighted by Gasteiger charge is 2.51. The molecular weight excluding hydrogens is 415 g/mol. The summed E-state index contributed by atoms with van der Waals surface area (Å²) in [5, 5.41) is 13.2. The zero-order chi connectivity index (χ0) is 23.3. The number of aliphatic hydroxyl groups is 1. The first kappa shape index (κ1) is 23.3. The van der Waals surface area contributed by atoms with Crippen LogP contribution in [0.25, 0.3) is 0 Å². The molecule has 2 atom stereocenters. The van der Waals surface area contributed by atoms with Crippen molar-refractivity contribution in [1.29, 1.82) is 0 Å². The monoisotopic (exact) mass is 442 g/mol. The van der Waals surface area contributed by atoms with Gasteiger partial charge in [0.2, 0.25) is 0 Å². The average molecular weight is 442 g/mol. The van der Waals surface area contributed by atoms with E-state index in [1.54, 1.807) is 19.1 Å². The summed E-state index contributed by atoms with van der Waals surface area (Å²) in [6.45, 7) is 5.07. The lowest BCUT2D eigenvalue weighted by atomic mass is 9.87. The number of urea groups is 1. The number of carbonyl (C=O) groups excluding carboxylic acids is 2. The van der Waals surface area contributed by atoms with Crippen LogP contribution < -0.4 is 14.8 Å². The maximum Gasteiger partial charge on any atom is 0.325 e. The van der Waals surface area contributed by atoms with Crippen LogP contribution in [-0.2, 0) is 16.8 Å². The molecular formula is C24H27FN2O5. The van der Waals surface area contributed by atoms with Crippen molar-refractivity contribution in [3.63, 3.8) is 0 Å². The molecule has 1 heterocycles. The molecule has 2 N–H and O–H groups in total. The second-order valence-corrected chi connectivity index (χ2v) is 7.55. The van der Waals surface area contributed by atoms with Crippen LogP contribution in [0.4, 0.5) is 9.18 Å². The Kier molecular flexibility index (Phi) is 7.15. The number of aliphatic hydroxyl groups excluding tert-OH is 1. The highest BCUT2D eigenvalue weighted by atomic mass is 19.1. The van der Waals surface area contributed by atoms with Gasteiger partial charge >= 0.3 is 6.03 Å². The molecule has 32 heavy (non-hydrogen) atoms. The fourth-order valence-electron chi connectivity index (χ4n) is 3.74. The van der Waals surface area contributed by atoms with Crippen LogP contribution >= 0.6 is 0 Å². The van der Waals surface area contributed by atoms with Gasteiger partial charge < -0.3 is 19.9 Å². The van der Waals surface area contributed by atoms with Crippen molar-refractivity contribution in [3.8, 4) is 11.5 Å². The van der Waals surface area contributed by atoms with Crippen molar-refractivity contribution in [2.75, 3.05) is 20.3 Å². The van der Waals surface area contributed by atoms with Gasteiger partial charge in [0.1, 0.15) is 24.1 Å². The Hall–Kier alpha value is -3.39. The van der Waals surface area contributed by atoms with Crippen molar-refractivity contribution < 1.29 is 28.6 Å². The summed E-state index contributed by atoms with van der Waals surface area (Å²) in [7, 11) is 1.52. The minimum atomic E-state index is -1.30. The van der Waals surface area contributed by atoms with Crippen molar-refractivity contribution in [2.45, 2.75) is 31.4 Å². The molecule has 2 aromatic rings. The minimum absolute atomic E-state index is 0.149. The van der Waals surface area contributed by atoms with Crippen molar-refractivity contribution in [1.82, 2.24) is 10.2 Å². The third kappa shape index (κ3) is 4.60. The van der Waals surface area contributed by atoms with E-state index in [9.17, 15) is 19.1 Å². The van der Waals surface area contributed by atoms with Gasteiger partial charge in [-0.05, 0) is 48.2 Å². The lowest BCUT2D eigenvalue weighted by Gasteiger charge is -2.26. The smallest absolute Gasteiger partial charge is 0.325 e. The first-order valence-corrected chi connectivity index (χ1v) is 10.3. The largest absolute Gasteiger partial charge is 0.493 e. The Labute approximate surface area is 186 Å². The summed E-state index contributed by atoms with van der Waals surface area (Å²) in [5.74, 6) is 0.00908. The van der Waals surface area contributed by atoms with E-state index >= 15 is 0 Å². The molecule has 2 aromatic carbocycles. The van der Waals surface area contributed by atoms with E-state index in [1.807, 2.05) is 12.1 Å². The summed E-state index contributed by atoms with van der Waals surface area (Å²) in [6, 6.07) is 10.2. The lowest BCUT2D eigenvalue weighted by molar-refractivity contribution is -0.133. The number of halogens is 1. The number of hydrogen-bond donors (Lipinski definition) is 2. The number of β-amino-alcohol motifs (C(OH)–C–C–N with tert-alkyl or cyclic N) is 1. The molecule has 0 aromatic heterocycles. The number of methoxy groups -OCH3 is 1. The highest BCUT2D eigenvalue weighted by Crippen LogP contribution is 2.33. The van der Waals surface area contributed by atoms with Crippen LogP contribution in [0.3, 0.4) is 0 Å². The van der Waals surface area contributed by atoms with Crippen LogP contribution in [-0.4, -0.2) is 48.3 Å². The standard InChI is InChI=1S/C24H27FN2O5/c1-4-6-16-7-12-20(21(13-16)31-3)32-15-19(28)14-27-22(29)24(5-2,26-23(27)30)17-8-10-18(25)11-9-17/h4,7-13,19,28H,1,5-6,14-15H2,2-3H3,(H,26,30)/t19-,24-/m1/s1. The molecule has 0 radical (unpaired) electrons. The minimum Gasteiger partial charge on any atom is -0.493 e. The molecule has 0 aliphatic carbocycles. The number of nitrogens with one attached hydrogen (secondary N) is 1. The zero-order valence-corrected chi connectivity index (χ0v) is 18.1. The molecule has 1 saturated heterocycles. The van der Waals surface area contributed by atoms with Gasteiger partial charge in [0.05, 0.1) is 13.7 Å². The average Bonchev–Trinajstić information content (AvgIpc) is 3.03. The predicted octanol–water partition coefficient (Wildman–Crippen LogP) is 3.16. The summed E-state index contributed by atoms with van der Waals surface area (Å²) in [5.41, 5.74) is 0.188. The normalized spacial score (nSPS) is 18.9. The van der Waals surface area contributed by atoms with Gasteiger partial charge in [0.25, 0.3) is 5.91 Å². The van der Waals surface area contributed by atoms with E-state index in [1.165, 1.54) is 31.4 Å². The van der Waals surface area contributed by atoms with Crippen LogP contribution in [0.15, 0.2) is 55.1 Å². The molecule has 3 amide bonds.